The first-order chi connectivity index (χ1) is 7.74. The number of methoxy groups -OCH3 is 1. The van der Waals surface area contributed by atoms with E-state index in [9.17, 15) is 4.79 Å². The van der Waals surface area contributed by atoms with E-state index in [0.717, 1.165) is 12.8 Å². The van der Waals surface area contributed by atoms with Crippen LogP contribution < -0.4 is 5.32 Å². The van der Waals surface area contributed by atoms with Gasteiger partial charge in [-0.05, 0) is 38.6 Å². The predicted octanol–water partition coefficient (Wildman–Crippen LogP) is 2.11. The summed E-state index contributed by atoms with van der Waals surface area (Å²) in [6, 6.07) is 0.334. The molecule has 0 amide bonds. The second-order valence-corrected chi connectivity index (χ2v) is 5.31. The Morgan fingerprint density at radius 3 is 2.38 bits per heavy atom. The number of carbonyl (C=O) groups excluding carboxylic acids is 1. The number of hydrogen-bond acceptors (Lipinski definition) is 3. The van der Waals surface area contributed by atoms with E-state index in [1.165, 1.54) is 39.2 Å². The van der Waals surface area contributed by atoms with Crippen molar-refractivity contribution in [3.05, 3.63) is 0 Å². The molecule has 2 aliphatic rings. The van der Waals surface area contributed by atoms with Gasteiger partial charge in [-0.25, -0.2) is 0 Å². The number of carbonyl (C=O) groups is 1. The minimum atomic E-state index is -0.189. The highest BCUT2D eigenvalue weighted by atomic mass is 16.5. The highest BCUT2D eigenvalue weighted by molar-refractivity contribution is 5.80. The first kappa shape index (κ1) is 11.9. The van der Waals surface area contributed by atoms with Crippen LogP contribution in [0.25, 0.3) is 0 Å². The van der Waals surface area contributed by atoms with Crippen LogP contribution in [0.5, 0.6) is 0 Å². The minimum Gasteiger partial charge on any atom is -0.469 e. The van der Waals surface area contributed by atoms with Crippen LogP contribution in [-0.4, -0.2) is 26.2 Å². The summed E-state index contributed by atoms with van der Waals surface area (Å²) in [6.07, 6.45) is 8.54. The maximum absolute atomic E-state index is 11.9. The first-order valence-corrected chi connectivity index (χ1v) is 6.50. The molecule has 1 N–H and O–H groups in total. The molecule has 0 saturated heterocycles. The fraction of sp³-hybridized carbons (Fsp3) is 0.923. The lowest BCUT2D eigenvalue weighted by Gasteiger charge is -2.34. The van der Waals surface area contributed by atoms with Gasteiger partial charge in [-0.2, -0.15) is 0 Å². The van der Waals surface area contributed by atoms with E-state index >= 15 is 0 Å². The van der Waals surface area contributed by atoms with Crippen molar-refractivity contribution in [2.24, 2.45) is 11.3 Å². The SMILES string of the molecule is CNC(C1CCCCC1)C1(C(=O)OC)CC1. The molecule has 3 heteroatoms. The Bertz CT molecular complexity index is 255. The van der Waals surface area contributed by atoms with Crippen LogP contribution in [0.3, 0.4) is 0 Å². The largest absolute Gasteiger partial charge is 0.469 e. The lowest BCUT2D eigenvalue weighted by molar-refractivity contribution is -0.149. The van der Waals surface area contributed by atoms with Gasteiger partial charge in [-0.15, -0.1) is 0 Å². The molecule has 0 aromatic rings. The van der Waals surface area contributed by atoms with Gasteiger partial charge in [-0.3, -0.25) is 4.79 Å². The van der Waals surface area contributed by atoms with Crippen LogP contribution >= 0.6 is 0 Å². The summed E-state index contributed by atoms with van der Waals surface area (Å²) >= 11 is 0. The summed E-state index contributed by atoms with van der Waals surface area (Å²) in [7, 11) is 3.50. The smallest absolute Gasteiger partial charge is 0.313 e. The van der Waals surface area contributed by atoms with Gasteiger partial charge in [0.2, 0.25) is 0 Å². The van der Waals surface area contributed by atoms with E-state index in [2.05, 4.69) is 5.32 Å². The molecule has 2 rings (SSSR count). The number of hydrogen-bond donors (Lipinski definition) is 1. The van der Waals surface area contributed by atoms with Crippen LogP contribution in [0.15, 0.2) is 0 Å². The standard InChI is InChI=1S/C13H23NO2/c1-14-11(10-6-4-3-5-7-10)13(8-9-13)12(15)16-2/h10-11,14H,3-9H2,1-2H3. The zero-order chi connectivity index (χ0) is 11.6. The third-order valence-corrected chi connectivity index (χ3v) is 4.41. The lowest BCUT2D eigenvalue weighted by Crippen LogP contribution is -2.46. The van der Waals surface area contributed by atoms with Gasteiger partial charge < -0.3 is 10.1 Å². The van der Waals surface area contributed by atoms with Crippen LogP contribution in [0.1, 0.15) is 44.9 Å². The Morgan fingerprint density at radius 2 is 1.94 bits per heavy atom. The lowest BCUT2D eigenvalue weighted by atomic mass is 9.77. The highest BCUT2D eigenvalue weighted by Crippen LogP contribution is 2.53. The fourth-order valence-electron chi connectivity index (χ4n) is 3.41. The van der Waals surface area contributed by atoms with Crippen molar-refractivity contribution in [1.29, 1.82) is 0 Å². The van der Waals surface area contributed by atoms with Crippen molar-refractivity contribution >= 4 is 5.97 Å². The van der Waals surface area contributed by atoms with Gasteiger partial charge in [0.15, 0.2) is 0 Å². The van der Waals surface area contributed by atoms with Crippen LogP contribution in [0.2, 0.25) is 0 Å². The molecule has 0 aromatic carbocycles. The maximum Gasteiger partial charge on any atom is 0.313 e. The van der Waals surface area contributed by atoms with Crippen LogP contribution in [0, 0.1) is 11.3 Å². The van der Waals surface area contributed by atoms with Gasteiger partial charge >= 0.3 is 5.97 Å². The molecular weight excluding hydrogens is 202 g/mol. The summed E-state index contributed by atoms with van der Waals surface area (Å²) < 4.78 is 4.97. The average molecular weight is 225 g/mol. The summed E-state index contributed by atoms with van der Waals surface area (Å²) in [5.74, 6) is 0.665. The third kappa shape index (κ3) is 1.97. The Balaban J connectivity index is 2.06. The van der Waals surface area contributed by atoms with Crippen LogP contribution in [-0.2, 0) is 9.53 Å². The van der Waals surface area contributed by atoms with Crippen molar-refractivity contribution in [2.45, 2.75) is 51.0 Å². The van der Waals surface area contributed by atoms with E-state index in [1.54, 1.807) is 0 Å². The topological polar surface area (TPSA) is 38.3 Å². The number of esters is 1. The van der Waals surface area contributed by atoms with E-state index in [4.69, 9.17) is 4.74 Å². The van der Waals surface area contributed by atoms with E-state index in [0.29, 0.717) is 12.0 Å². The van der Waals surface area contributed by atoms with Crippen molar-refractivity contribution in [3.63, 3.8) is 0 Å². The quantitative estimate of drug-likeness (QED) is 0.745. The molecule has 2 saturated carbocycles. The molecule has 16 heavy (non-hydrogen) atoms. The number of nitrogens with one attached hydrogen (secondary N) is 1. The van der Waals surface area contributed by atoms with Crippen molar-refractivity contribution in [3.8, 4) is 0 Å². The minimum absolute atomic E-state index is 0.00239. The second kappa shape index (κ2) is 4.74. The highest BCUT2D eigenvalue weighted by Gasteiger charge is 2.58. The van der Waals surface area contributed by atoms with E-state index in [-0.39, 0.29) is 11.4 Å². The van der Waals surface area contributed by atoms with Crippen LogP contribution in [0.4, 0.5) is 0 Å². The zero-order valence-corrected chi connectivity index (χ0v) is 10.4. The molecule has 2 fully saturated rings. The van der Waals surface area contributed by atoms with Gasteiger partial charge in [0, 0.05) is 6.04 Å². The summed E-state index contributed by atoms with van der Waals surface area (Å²) in [5, 5.41) is 3.39. The molecular formula is C13H23NO2. The van der Waals surface area contributed by atoms with Crippen molar-refractivity contribution in [1.82, 2.24) is 5.32 Å². The molecule has 0 spiro atoms. The Morgan fingerprint density at radius 1 is 1.31 bits per heavy atom. The molecule has 0 heterocycles. The predicted molar refractivity (Wildman–Crippen MR) is 63.1 cm³/mol. The first-order valence-electron chi connectivity index (χ1n) is 6.50. The Kier molecular flexibility index (Phi) is 3.53. The summed E-state index contributed by atoms with van der Waals surface area (Å²) in [4.78, 5) is 11.9. The van der Waals surface area contributed by atoms with E-state index in [1.807, 2.05) is 7.05 Å². The number of rotatable bonds is 4. The van der Waals surface area contributed by atoms with Gasteiger partial charge in [0.1, 0.15) is 0 Å². The fourth-order valence-corrected chi connectivity index (χ4v) is 3.41. The second-order valence-electron chi connectivity index (χ2n) is 5.31. The Labute approximate surface area is 97.9 Å². The van der Waals surface area contributed by atoms with Gasteiger partial charge in [-0.1, -0.05) is 19.3 Å². The molecule has 3 nitrogen and oxygen atoms in total. The monoisotopic (exact) mass is 225 g/mol. The van der Waals surface area contributed by atoms with Gasteiger partial charge in [0.05, 0.1) is 12.5 Å². The molecule has 0 aliphatic heterocycles. The molecule has 0 radical (unpaired) electrons. The zero-order valence-electron chi connectivity index (χ0n) is 10.4. The third-order valence-electron chi connectivity index (χ3n) is 4.41. The molecule has 0 aromatic heterocycles. The van der Waals surface area contributed by atoms with E-state index < -0.39 is 0 Å². The molecule has 92 valence electrons. The molecule has 1 atom stereocenters. The number of ether oxygens (including phenoxy) is 1. The molecule has 2 aliphatic carbocycles. The Hall–Kier alpha value is -0.570. The maximum atomic E-state index is 11.9. The average Bonchev–Trinajstić information content (AvgIpc) is 3.12. The van der Waals surface area contributed by atoms with Crippen molar-refractivity contribution < 1.29 is 9.53 Å². The van der Waals surface area contributed by atoms with Gasteiger partial charge in [0.25, 0.3) is 0 Å². The molecule has 0 bridgehead atoms. The van der Waals surface area contributed by atoms with Crippen molar-refractivity contribution in [2.75, 3.05) is 14.2 Å². The normalized spacial score (nSPS) is 26.1. The summed E-state index contributed by atoms with van der Waals surface area (Å²) in [5.41, 5.74) is -0.189. The summed E-state index contributed by atoms with van der Waals surface area (Å²) in [6.45, 7) is 0. The molecule has 1 unspecified atom stereocenters.